The molecule has 1 aliphatic heterocycles. The van der Waals surface area contributed by atoms with E-state index in [1.165, 1.54) is 10.6 Å². The van der Waals surface area contributed by atoms with Crippen LogP contribution in [0.4, 0.5) is 0 Å². The second-order valence-electron chi connectivity index (χ2n) is 5.65. The number of hydrogen-bond donors (Lipinski definition) is 1. The van der Waals surface area contributed by atoms with Crippen molar-refractivity contribution in [2.24, 2.45) is 5.92 Å². The minimum absolute atomic E-state index is 0.190. The molecule has 1 N–H and O–H groups in total. The summed E-state index contributed by atoms with van der Waals surface area (Å²) in [5, 5.41) is 9.72. The fourth-order valence-corrected chi connectivity index (χ4v) is 3.57. The molecule has 0 bridgehead atoms. The molecule has 0 aromatic heterocycles. The van der Waals surface area contributed by atoms with Crippen LogP contribution in [0.2, 0.25) is 0 Å². The second-order valence-corrected chi connectivity index (χ2v) is 7.64. The third-order valence-electron chi connectivity index (χ3n) is 3.79. The van der Waals surface area contributed by atoms with E-state index >= 15 is 0 Å². The van der Waals surface area contributed by atoms with E-state index in [4.69, 9.17) is 4.74 Å². The van der Waals surface area contributed by atoms with E-state index in [1.54, 1.807) is 6.92 Å². The molecule has 0 amide bonds. The zero-order chi connectivity index (χ0) is 15.5. The molecule has 1 aromatic rings. The van der Waals surface area contributed by atoms with Crippen LogP contribution in [-0.4, -0.2) is 43.8 Å². The lowest BCUT2D eigenvalue weighted by Crippen LogP contribution is -2.41. The Bertz CT molecular complexity index is 571. The van der Waals surface area contributed by atoms with Crippen LogP contribution in [0.15, 0.2) is 24.3 Å². The molecule has 2 atom stereocenters. The van der Waals surface area contributed by atoms with Gasteiger partial charge in [0.25, 0.3) is 0 Å². The van der Waals surface area contributed by atoms with Gasteiger partial charge in [-0.2, -0.15) is 0 Å². The number of hydrogen-bond acceptors (Lipinski definition) is 4. The van der Waals surface area contributed by atoms with Gasteiger partial charge < -0.3 is 9.84 Å². The molecule has 5 nitrogen and oxygen atoms in total. The van der Waals surface area contributed by atoms with E-state index < -0.39 is 16.1 Å². The predicted molar refractivity (Wildman–Crippen MR) is 81.7 cm³/mol. The van der Waals surface area contributed by atoms with E-state index in [-0.39, 0.29) is 5.92 Å². The van der Waals surface area contributed by atoms with Gasteiger partial charge in [0.05, 0.1) is 19.0 Å². The highest BCUT2D eigenvalue weighted by molar-refractivity contribution is 7.88. The summed E-state index contributed by atoms with van der Waals surface area (Å²) >= 11 is 0. The lowest BCUT2D eigenvalue weighted by Gasteiger charge is -2.31. The molecule has 118 valence electrons. The van der Waals surface area contributed by atoms with E-state index in [0.29, 0.717) is 25.4 Å². The van der Waals surface area contributed by atoms with Gasteiger partial charge in [0.1, 0.15) is 5.75 Å². The molecule has 21 heavy (non-hydrogen) atoms. The first-order valence-electron chi connectivity index (χ1n) is 7.23. The lowest BCUT2D eigenvalue weighted by molar-refractivity contribution is 0.166. The van der Waals surface area contributed by atoms with E-state index in [2.05, 4.69) is 0 Å². The third-order valence-corrected chi connectivity index (χ3v) is 5.06. The second kappa shape index (κ2) is 6.77. The molecule has 0 radical (unpaired) electrons. The van der Waals surface area contributed by atoms with Crippen LogP contribution in [0, 0.1) is 5.92 Å². The summed E-state index contributed by atoms with van der Waals surface area (Å²) in [4.78, 5) is 0. The summed E-state index contributed by atoms with van der Waals surface area (Å²) in [6.07, 6.45) is 2.49. The predicted octanol–water partition coefficient (Wildman–Crippen LogP) is 1.79. The van der Waals surface area contributed by atoms with Gasteiger partial charge >= 0.3 is 0 Å². The molecule has 0 aliphatic carbocycles. The summed E-state index contributed by atoms with van der Waals surface area (Å²) in [6, 6.07) is 7.40. The smallest absolute Gasteiger partial charge is 0.211 e. The summed E-state index contributed by atoms with van der Waals surface area (Å²) in [5.74, 6) is 0.861. The fraction of sp³-hybridized carbons (Fsp3) is 0.600. The largest absolute Gasteiger partial charge is 0.493 e. The number of aliphatic hydroxyl groups excluding tert-OH is 1. The van der Waals surface area contributed by atoms with Crippen LogP contribution in [0.25, 0.3) is 0 Å². The van der Waals surface area contributed by atoms with Crippen molar-refractivity contribution in [3.63, 3.8) is 0 Å². The lowest BCUT2D eigenvalue weighted by atomic mass is 10.0. The molecule has 1 heterocycles. The molecule has 1 aliphatic rings. The van der Waals surface area contributed by atoms with Gasteiger partial charge in [-0.25, -0.2) is 12.7 Å². The number of piperidine rings is 1. The first-order valence-corrected chi connectivity index (χ1v) is 9.07. The Balaban J connectivity index is 1.97. The standard InChI is InChI=1S/C15H23NO4S/c1-12(17)14-7-3-4-8-15(14)20-11-13-6-5-9-16(10-13)21(2,18)19/h3-4,7-8,12-13,17H,5-6,9-11H2,1-2H3/t12-,13?/m0/s1. The first kappa shape index (κ1) is 16.3. The Kier molecular flexibility index (Phi) is 5.24. The van der Waals surface area contributed by atoms with Crippen LogP contribution in [0.5, 0.6) is 5.75 Å². The first-order chi connectivity index (χ1) is 9.88. The van der Waals surface area contributed by atoms with Crippen molar-refractivity contribution in [2.75, 3.05) is 26.0 Å². The summed E-state index contributed by atoms with van der Waals surface area (Å²) < 4.78 is 30.5. The molecule has 1 fully saturated rings. The highest BCUT2D eigenvalue weighted by Crippen LogP contribution is 2.26. The zero-order valence-electron chi connectivity index (χ0n) is 12.5. The summed E-state index contributed by atoms with van der Waals surface area (Å²) in [7, 11) is -3.13. The quantitative estimate of drug-likeness (QED) is 0.900. The Morgan fingerprint density at radius 3 is 2.81 bits per heavy atom. The SMILES string of the molecule is C[C@H](O)c1ccccc1OCC1CCCN(S(C)(=O)=O)C1. The number of para-hydroxylation sites is 1. The van der Waals surface area contributed by atoms with Crippen LogP contribution in [-0.2, 0) is 10.0 Å². The average molecular weight is 313 g/mol. The van der Waals surface area contributed by atoms with Crippen molar-refractivity contribution < 1.29 is 18.3 Å². The van der Waals surface area contributed by atoms with Crippen molar-refractivity contribution in [1.82, 2.24) is 4.31 Å². The Morgan fingerprint density at radius 2 is 2.14 bits per heavy atom. The van der Waals surface area contributed by atoms with Gasteiger partial charge in [0.15, 0.2) is 0 Å². The highest BCUT2D eigenvalue weighted by Gasteiger charge is 2.26. The Morgan fingerprint density at radius 1 is 1.43 bits per heavy atom. The Hall–Kier alpha value is -1.11. The molecular weight excluding hydrogens is 290 g/mol. The fourth-order valence-electron chi connectivity index (χ4n) is 2.63. The third kappa shape index (κ3) is 4.43. The van der Waals surface area contributed by atoms with Gasteiger partial charge in [0, 0.05) is 24.6 Å². The number of sulfonamides is 1. The van der Waals surface area contributed by atoms with Crippen molar-refractivity contribution in [2.45, 2.75) is 25.9 Å². The van der Waals surface area contributed by atoms with Gasteiger partial charge in [-0.3, -0.25) is 0 Å². The van der Waals surface area contributed by atoms with E-state index in [1.807, 2.05) is 24.3 Å². The van der Waals surface area contributed by atoms with Gasteiger partial charge in [-0.15, -0.1) is 0 Å². The number of nitrogens with zero attached hydrogens (tertiary/aromatic N) is 1. The Labute approximate surface area is 126 Å². The minimum Gasteiger partial charge on any atom is -0.493 e. The summed E-state index contributed by atoms with van der Waals surface area (Å²) in [5.41, 5.74) is 0.758. The van der Waals surface area contributed by atoms with Gasteiger partial charge in [-0.05, 0) is 25.8 Å². The maximum absolute atomic E-state index is 11.6. The van der Waals surface area contributed by atoms with Crippen LogP contribution >= 0.6 is 0 Å². The van der Waals surface area contributed by atoms with Crippen molar-refractivity contribution in [3.05, 3.63) is 29.8 Å². The molecule has 6 heteroatoms. The van der Waals surface area contributed by atoms with E-state index in [9.17, 15) is 13.5 Å². The summed E-state index contributed by atoms with van der Waals surface area (Å²) in [6.45, 7) is 3.28. The topological polar surface area (TPSA) is 66.8 Å². The number of benzene rings is 1. The monoisotopic (exact) mass is 313 g/mol. The number of rotatable bonds is 5. The molecular formula is C15H23NO4S. The maximum atomic E-state index is 11.6. The number of ether oxygens (including phenoxy) is 1. The van der Waals surface area contributed by atoms with Crippen molar-refractivity contribution >= 4 is 10.0 Å². The number of aliphatic hydroxyl groups is 1. The molecule has 0 spiro atoms. The molecule has 1 unspecified atom stereocenters. The normalized spacial score (nSPS) is 22.0. The minimum atomic E-state index is -3.13. The van der Waals surface area contributed by atoms with E-state index in [0.717, 1.165) is 18.4 Å². The van der Waals surface area contributed by atoms with Gasteiger partial charge in [0.2, 0.25) is 10.0 Å². The molecule has 1 aromatic carbocycles. The van der Waals surface area contributed by atoms with Crippen molar-refractivity contribution in [1.29, 1.82) is 0 Å². The van der Waals surface area contributed by atoms with Crippen molar-refractivity contribution in [3.8, 4) is 5.75 Å². The molecule has 2 rings (SSSR count). The molecule has 0 saturated carbocycles. The van der Waals surface area contributed by atoms with Gasteiger partial charge in [-0.1, -0.05) is 18.2 Å². The van der Waals surface area contributed by atoms with Crippen LogP contribution < -0.4 is 4.74 Å². The maximum Gasteiger partial charge on any atom is 0.211 e. The molecule has 1 saturated heterocycles. The van der Waals surface area contributed by atoms with Crippen LogP contribution in [0.1, 0.15) is 31.4 Å². The highest BCUT2D eigenvalue weighted by atomic mass is 32.2. The zero-order valence-corrected chi connectivity index (χ0v) is 13.3. The van der Waals surface area contributed by atoms with Crippen LogP contribution in [0.3, 0.4) is 0 Å². The average Bonchev–Trinajstić information content (AvgIpc) is 2.45.